The van der Waals surface area contributed by atoms with Crippen molar-refractivity contribution in [3.8, 4) is 11.9 Å². The minimum atomic E-state index is -0.987. The van der Waals surface area contributed by atoms with Crippen molar-refractivity contribution in [1.82, 2.24) is 25.4 Å². The van der Waals surface area contributed by atoms with E-state index in [4.69, 9.17) is 16.3 Å². The van der Waals surface area contributed by atoms with Gasteiger partial charge < -0.3 is 30.5 Å². The molecule has 55 heavy (non-hydrogen) atoms. The molecule has 3 aliphatic rings. The molecule has 0 aliphatic carbocycles. The second kappa shape index (κ2) is 17.6. The summed E-state index contributed by atoms with van der Waals surface area (Å²) in [6.45, 7) is 7.83. The second-order valence-corrected chi connectivity index (χ2v) is 14.3. The van der Waals surface area contributed by atoms with Crippen LogP contribution in [0.2, 0.25) is 5.02 Å². The first-order valence-electron chi connectivity index (χ1n) is 18.5. The Morgan fingerprint density at radius 2 is 1.75 bits per heavy atom. The molecule has 6 rings (SSSR count). The van der Waals surface area contributed by atoms with Gasteiger partial charge in [-0.1, -0.05) is 11.6 Å². The Kier molecular flexibility index (Phi) is 12.5. The number of piperidine rings is 1. The van der Waals surface area contributed by atoms with Crippen LogP contribution < -0.4 is 30.9 Å². The lowest BCUT2D eigenvalue weighted by molar-refractivity contribution is -0.136. The van der Waals surface area contributed by atoms with Gasteiger partial charge in [-0.25, -0.2) is 9.78 Å². The van der Waals surface area contributed by atoms with E-state index in [0.29, 0.717) is 60.6 Å². The van der Waals surface area contributed by atoms with Crippen LogP contribution in [0.15, 0.2) is 54.7 Å². The van der Waals surface area contributed by atoms with Crippen LogP contribution >= 0.6 is 11.6 Å². The van der Waals surface area contributed by atoms with Crippen LogP contribution in [-0.2, 0) is 9.59 Å². The van der Waals surface area contributed by atoms with Crippen LogP contribution in [0, 0.1) is 11.3 Å². The molecule has 2 aromatic carbocycles. The predicted molar refractivity (Wildman–Crippen MR) is 206 cm³/mol. The van der Waals surface area contributed by atoms with Gasteiger partial charge in [0, 0.05) is 62.1 Å². The quantitative estimate of drug-likeness (QED) is 0.135. The lowest BCUT2D eigenvalue weighted by Gasteiger charge is -2.45. The van der Waals surface area contributed by atoms with Gasteiger partial charge in [-0.2, -0.15) is 5.26 Å². The summed E-state index contributed by atoms with van der Waals surface area (Å²) in [5, 5.41) is 21.4. The van der Waals surface area contributed by atoms with Gasteiger partial charge >= 0.3 is 6.03 Å². The zero-order valence-corrected chi connectivity index (χ0v) is 31.5. The molecule has 0 spiro atoms. The maximum atomic E-state index is 13.2. The van der Waals surface area contributed by atoms with Crippen molar-refractivity contribution >= 4 is 58.3 Å². The Morgan fingerprint density at radius 3 is 2.49 bits per heavy atom. The molecule has 6 amide bonds. The average Bonchev–Trinajstić information content (AvgIpc) is 3.41. The molecule has 288 valence electrons. The molecule has 3 aliphatic heterocycles. The summed E-state index contributed by atoms with van der Waals surface area (Å²) in [5.41, 5.74) is 3.12. The third-order valence-corrected chi connectivity index (χ3v) is 10.3. The molecule has 4 N–H and O–H groups in total. The van der Waals surface area contributed by atoms with Gasteiger partial charge in [-0.3, -0.25) is 29.4 Å². The van der Waals surface area contributed by atoms with Crippen LogP contribution in [0.5, 0.6) is 5.88 Å². The lowest BCUT2D eigenvalue weighted by Crippen LogP contribution is -2.59. The van der Waals surface area contributed by atoms with Crippen molar-refractivity contribution < 1.29 is 28.7 Å². The fourth-order valence-electron chi connectivity index (χ4n) is 6.98. The molecule has 2 fully saturated rings. The number of fused-ring (bicyclic) bond motifs is 1. The normalized spacial score (nSPS) is 19.5. The first-order valence-corrected chi connectivity index (χ1v) is 18.8. The number of halogens is 1. The summed E-state index contributed by atoms with van der Waals surface area (Å²) in [5.74, 6) is -1.61. The van der Waals surface area contributed by atoms with E-state index in [1.807, 2.05) is 17.9 Å². The number of nitrogens with one attached hydrogen (secondary N) is 4. The third kappa shape index (κ3) is 9.15. The molecular formula is C39H44ClN9O6. The van der Waals surface area contributed by atoms with Crippen molar-refractivity contribution in [2.45, 2.75) is 64.1 Å². The van der Waals surface area contributed by atoms with Crippen molar-refractivity contribution in [3.63, 3.8) is 0 Å². The molecule has 0 radical (unpaired) electrons. The number of nitrogens with zero attached hydrogens (tertiary/aromatic N) is 5. The molecule has 15 nitrogen and oxygen atoms in total. The van der Waals surface area contributed by atoms with Crippen LogP contribution in [0.3, 0.4) is 0 Å². The SMILES string of the molecule is C[C@@H]1CN(c2ccc(C#N)c(Cl)c2)[C@@H](C)CN1C(=O)Nc1ccc(OCCCCCNCCNc2ccc3c(c2)C(=O)N(C2CCC(=O)NC2=O)C3=O)nc1. The molecule has 1 aromatic heterocycles. The molecule has 0 bridgehead atoms. The van der Waals surface area contributed by atoms with E-state index < -0.39 is 29.7 Å². The van der Waals surface area contributed by atoms with E-state index in [-0.39, 0.29) is 42.1 Å². The topological polar surface area (TPSA) is 189 Å². The number of anilines is 3. The van der Waals surface area contributed by atoms with Crippen LogP contribution in [0.25, 0.3) is 0 Å². The fraction of sp³-hybridized carbons (Fsp3) is 0.410. The third-order valence-electron chi connectivity index (χ3n) is 9.96. The molecule has 0 saturated carbocycles. The van der Waals surface area contributed by atoms with Gasteiger partial charge in [-0.05, 0) is 88.5 Å². The van der Waals surface area contributed by atoms with Crippen molar-refractivity contribution in [3.05, 3.63) is 76.4 Å². The highest BCUT2D eigenvalue weighted by Crippen LogP contribution is 2.30. The number of imide groups is 2. The van der Waals surface area contributed by atoms with Gasteiger partial charge in [0.1, 0.15) is 12.1 Å². The summed E-state index contributed by atoms with van der Waals surface area (Å²) < 4.78 is 5.80. The number of aromatic nitrogens is 1. The Balaban J connectivity index is 0.833. The molecule has 2 saturated heterocycles. The van der Waals surface area contributed by atoms with Gasteiger partial charge in [0.15, 0.2) is 0 Å². The second-order valence-electron chi connectivity index (χ2n) is 13.9. The van der Waals surface area contributed by atoms with Gasteiger partial charge in [0.05, 0.1) is 40.2 Å². The van der Waals surface area contributed by atoms with E-state index in [1.54, 1.807) is 48.7 Å². The number of ether oxygens (including phenoxy) is 1. The number of carbonyl (C=O) groups is 5. The Labute approximate surface area is 324 Å². The number of nitriles is 1. The Morgan fingerprint density at radius 1 is 0.945 bits per heavy atom. The van der Waals surface area contributed by atoms with Crippen molar-refractivity contribution in [2.75, 3.05) is 54.9 Å². The average molecular weight is 770 g/mol. The van der Waals surface area contributed by atoms with Crippen LogP contribution in [-0.4, -0.2) is 102 Å². The Bertz CT molecular complexity index is 1990. The maximum absolute atomic E-state index is 13.2. The maximum Gasteiger partial charge on any atom is 0.322 e. The molecule has 3 aromatic rings. The summed E-state index contributed by atoms with van der Waals surface area (Å²) in [4.78, 5) is 72.2. The standard InChI is InChI=1S/C39H44ClN9O6/c1-24-23-48(25(2)22-47(24)29-9-6-26(20-41)32(40)19-29)39(54)45-28-8-13-35(44-21-28)55-17-5-3-4-14-42-15-16-43-27-7-10-30-31(18-27)38(53)49(37(30)52)33-11-12-34(50)46-36(33)51/h6-10,13,18-19,21,24-25,33,42-43H,3-5,11-12,14-17,22-23H2,1-2H3,(H,45,54)(H,46,50,51)/t24-,25+,33?/m0/s1. The van der Waals surface area contributed by atoms with E-state index >= 15 is 0 Å². The number of benzene rings is 2. The highest BCUT2D eigenvalue weighted by molar-refractivity contribution is 6.32. The van der Waals surface area contributed by atoms with Crippen molar-refractivity contribution in [1.29, 1.82) is 5.26 Å². The molecule has 1 unspecified atom stereocenters. The number of rotatable bonds is 14. The smallest absolute Gasteiger partial charge is 0.322 e. The minimum absolute atomic E-state index is 0.0434. The van der Waals surface area contributed by atoms with Gasteiger partial charge in [0.25, 0.3) is 11.8 Å². The number of amides is 6. The van der Waals surface area contributed by atoms with E-state index in [9.17, 15) is 29.2 Å². The summed E-state index contributed by atoms with van der Waals surface area (Å²) in [6, 6.07) is 14.7. The van der Waals surface area contributed by atoms with Crippen LogP contribution in [0.4, 0.5) is 21.9 Å². The number of unbranched alkanes of at least 4 members (excludes halogenated alkanes) is 2. The predicted octanol–water partition coefficient (Wildman–Crippen LogP) is 4.39. The first kappa shape index (κ1) is 39.0. The summed E-state index contributed by atoms with van der Waals surface area (Å²) in [6.07, 6.45) is 4.56. The number of piperazine rings is 1. The fourth-order valence-corrected chi connectivity index (χ4v) is 7.20. The lowest BCUT2D eigenvalue weighted by atomic mass is 10.0. The van der Waals surface area contributed by atoms with Gasteiger partial charge in [-0.15, -0.1) is 0 Å². The highest BCUT2D eigenvalue weighted by atomic mass is 35.5. The zero-order valence-electron chi connectivity index (χ0n) is 30.8. The number of hydrogen-bond acceptors (Lipinski definition) is 11. The summed E-state index contributed by atoms with van der Waals surface area (Å²) >= 11 is 6.27. The molecule has 3 atom stereocenters. The summed E-state index contributed by atoms with van der Waals surface area (Å²) in [7, 11) is 0. The van der Waals surface area contributed by atoms with Gasteiger partial charge in [0.2, 0.25) is 17.7 Å². The number of hydrogen-bond donors (Lipinski definition) is 4. The molecular weight excluding hydrogens is 726 g/mol. The highest BCUT2D eigenvalue weighted by Gasteiger charge is 2.44. The monoisotopic (exact) mass is 769 g/mol. The number of urea groups is 1. The van der Waals surface area contributed by atoms with Crippen LogP contribution in [0.1, 0.15) is 72.2 Å². The Hall–Kier alpha value is -5.72. The van der Waals surface area contributed by atoms with E-state index in [2.05, 4.69) is 44.1 Å². The first-order chi connectivity index (χ1) is 26.5. The largest absolute Gasteiger partial charge is 0.478 e. The van der Waals surface area contributed by atoms with E-state index in [0.717, 1.165) is 36.4 Å². The number of carbonyl (C=O) groups excluding carboxylic acids is 5. The number of pyridine rings is 1. The minimum Gasteiger partial charge on any atom is -0.478 e. The zero-order chi connectivity index (χ0) is 39.1. The molecule has 4 heterocycles. The van der Waals surface area contributed by atoms with Crippen molar-refractivity contribution in [2.24, 2.45) is 0 Å². The molecule has 16 heteroatoms. The van der Waals surface area contributed by atoms with E-state index in [1.165, 1.54) is 0 Å².